The smallest absolute Gasteiger partial charge is 0.162 e. The molecular weight excluding hydrogens is 250 g/mol. The van der Waals surface area contributed by atoms with E-state index in [-0.39, 0.29) is 0 Å². The highest BCUT2D eigenvalue weighted by Crippen LogP contribution is 2.49. The van der Waals surface area contributed by atoms with E-state index < -0.39 is 0 Å². The molecule has 1 fully saturated rings. The van der Waals surface area contributed by atoms with Crippen molar-refractivity contribution >= 4 is 11.6 Å². The van der Waals surface area contributed by atoms with E-state index in [1.807, 2.05) is 19.2 Å². The van der Waals surface area contributed by atoms with Crippen LogP contribution in [0.5, 0.6) is 11.5 Å². The topological polar surface area (TPSA) is 30.5 Å². The molecule has 0 spiro atoms. The molecule has 1 aromatic rings. The second-order valence-corrected chi connectivity index (χ2v) is 5.57. The Hall–Kier alpha value is -0.930. The van der Waals surface area contributed by atoms with Gasteiger partial charge >= 0.3 is 0 Å². The van der Waals surface area contributed by atoms with Gasteiger partial charge in [-0.1, -0.05) is 18.5 Å². The Bertz CT molecular complexity index is 463. The van der Waals surface area contributed by atoms with Gasteiger partial charge in [-0.05, 0) is 36.9 Å². The third kappa shape index (κ3) is 2.06. The lowest BCUT2D eigenvalue weighted by Gasteiger charge is -2.23. The van der Waals surface area contributed by atoms with Gasteiger partial charge in [-0.2, -0.15) is 0 Å². The summed E-state index contributed by atoms with van der Waals surface area (Å²) >= 11 is 6.38. The molecule has 0 saturated heterocycles. The third-order valence-corrected chi connectivity index (χ3v) is 4.23. The molecule has 1 N–H and O–H groups in total. The molecule has 2 aliphatic rings. The fraction of sp³-hybridized carbons (Fsp3) is 0.571. The molecule has 0 amide bonds. The highest BCUT2D eigenvalue weighted by molar-refractivity contribution is 6.31. The molecule has 1 saturated carbocycles. The maximum absolute atomic E-state index is 6.38. The van der Waals surface area contributed by atoms with E-state index >= 15 is 0 Å². The van der Waals surface area contributed by atoms with E-state index in [4.69, 9.17) is 21.1 Å². The molecule has 1 aromatic carbocycles. The molecule has 1 heterocycles. The quantitative estimate of drug-likeness (QED) is 0.913. The van der Waals surface area contributed by atoms with Crippen molar-refractivity contribution in [2.45, 2.75) is 19.4 Å². The minimum Gasteiger partial charge on any atom is -0.486 e. The summed E-state index contributed by atoms with van der Waals surface area (Å²) in [6.07, 6.45) is 1.26. The molecular formula is C14H18ClNO2. The lowest BCUT2D eigenvalue weighted by molar-refractivity contribution is 0.171. The summed E-state index contributed by atoms with van der Waals surface area (Å²) in [5, 5.41) is 4.14. The molecule has 3 rings (SSSR count). The normalized spacial score (nSPS) is 26.8. The highest BCUT2D eigenvalue weighted by atomic mass is 35.5. The summed E-state index contributed by atoms with van der Waals surface area (Å²) in [4.78, 5) is 0. The number of nitrogens with one attached hydrogen (secondary N) is 1. The van der Waals surface area contributed by atoms with Crippen LogP contribution in [0.2, 0.25) is 5.02 Å². The number of hydrogen-bond donors (Lipinski definition) is 1. The standard InChI is InChI=1S/C14H18ClNO2/c1-8-5-9(8)14(16-2)10-6-12-13(7-11(10)15)18-4-3-17-12/h6-9,14,16H,3-5H2,1-2H3. The number of halogens is 1. The average Bonchev–Trinajstić information content (AvgIpc) is 3.08. The van der Waals surface area contributed by atoms with E-state index in [2.05, 4.69) is 12.2 Å². The van der Waals surface area contributed by atoms with Crippen LogP contribution in [-0.2, 0) is 0 Å². The molecule has 0 radical (unpaired) electrons. The first-order chi connectivity index (χ1) is 8.70. The van der Waals surface area contributed by atoms with Crippen LogP contribution in [0.25, 0.3) is 0 Å². The molecule has 0 aromatic heterocycles. The number of benzene rings is 1. The Morgan fingerprint density at radius 3 is 2.44 bits per heavy atom. The van der Waals surface area contributed by atoms with Gasteiger partial charge in [-0.25, -0.2) is 0 Å². The van der Waals surface area contributed by atoms with E-state index in [0.717, 1.165) is 28.0 Å². The van der Waals surface area contributed by atoms with Gasteiger partial charge in [0.2, 0.25) is 0 Å². The fourth-order valence-electron chi connectivity index (χ4n) is 2.73. The van der Waals surface area contributed by atoms with Crippen LogP contribution in [0, 0.1) is 11.8 Å². The number of hydrogen-bond acceptors (Lipinski definition) is 3. The van der Waals surface area contributed by atoms with Crippen molar-refractivity contribution in [3.05, 3.63) is 22.7 Å². The summed E-state index contributed by atoms with van der Waals surface area (Å²) in [6, 6.07) is 4.22. The molecule has 3 nitrogen and oxygen atoms in total. The lowest BCUT2D eigenvalue weighted by atomic mass is 10.0. The SMILES string of the molecule is CNC(c1cc2c(cc1Cl)OCCO2)C1CC1C. The van der Waals surface area contributed by atoms with Crippen molar-refractivity contribution in [2.24, 2.45) is 11.8 Å². The Balaban J connectivity index is 1.95. The van der Waals surface area contributed by atoms with Gasteiger partial charge in [0.15, 0.2) is 11.5 Å². The van der Waals surface area contributed by atoms with E-state index in [1.54, 1.807) is 0 Å². The van der Waals surface area contributed by atoms with Gasteiger partial charge < -0.3 is 14.8 Å². The predicted octanol–water partition coefficient (Wildman–Crippen LogP) is 3.03. The van der Waals surface area contributed by atoms with Gasteiger partial charge in [-0.3, -0.25) is 0 Å². The number of fused-ring (bicyclic) bond motifs is 1. The molecule has 18 heavy (non-hydrogen) atoms. The van der Waals surface area contributed by atoms with Crippen molar-refractivity contribution in [1.82, 2.24) is 5.32 Å². The highest BCUT2D eigenvalue weighted by Gasteiger charge is 2.40. The van der Waals surface area contributed by atoms with Crippen LogP contribution < -0.4 is 14.8 Å². The van der Waals surface area contributed by atoms with Crippen LogP contribution in [0.15, 0.2) is 12.1 Å². The first-order valence-electron chi connectivity index (χ1n) is 6.47. The molecule has 98 valence electrons. The monoisotopic (exact) mass is 267 g/mol. The van der Waals surface area contributed by atoms with Crippen LogP contribution in [0.4, 0.5) is 0 Å². The summed E-state index contributed by atoms with van der Waals surface area (Å²) in [5.74, 6) is 3.02. The minimum absolute atomic E-state index is 0.309. The van der Waals surface area contributed by atoms with E-state index in [0.29, 0.717) is 25.2 Å². The summed E-state index contributed by atoms with van der Waals surface area (Å²) < 4.78 is 11.2. The lowest BCUT2D eigenvalue weighted by Crippen LogP contribution is -2.21. The van der Waals surface area contributed by atoms with Crippen LogP contribution >= 0.6 is 11.6 Å². The Morgan fingerprint density at radius 2 is 1.89 bits per heavy atom. The zero-order valence-corrected chi connectivity index (χ0v) is 11.5. The molecule has 3 unspecified atom stereocenters. The van der Waals surface area contributed by atoms with Gasteiger partial charge in [-0.15, -0.1) is 0 Å². The third-order valence-electron chi connectivity index (χ3n) is 3.91. The largest absolute Gasteiger partial charge is 0.486 e. The van der Waals surface area contributed by atoms with Crippen LogP contribution in [0.1, 0.15) is 24.9 Å². The van der Waals surface area contributed by atoms with Crippen molar-refractivity contribution in [3.8, 4) is 11.5 Å². The molecule has 1 aliphatic carbocycles. The molecule has 4 heteroatoms. The van der Waals surface area contributed by atoms with Crippen molar-refractivity contribution in [3.63, 3.8) is 0 Å². The Morgan fingerprint density at radius 1 is 1.28 bits per heavy atom. The van der Waals surface area contributed by atoms with Crippen molar-refractivity contribution in [2.75, 3.05) is 20.3 Å². The van der Waals surface area contributed by atoms with Gasteiger partial charge in [0.05, 0.1) is 0 Å². The first kappa shape index (κ1) is 12.1. The van der Waals surface area contributed by atoms with Gasteiger partial charge in [0.1, 0.15) is 13.2 Å². The van der Waals surface area contributed by atoms with E-state index in [9.17, 15) is 0 Å². The Kier molecular flexibility index (Phi) is 3.12. The summed E-state index contributed by atoms with van der Waals surface area (Å²) in [7, 11) is 1.99. The number of ether oxygens (including phenoxy) is 2. The maximum Gasteiger partial charge on any atom is 0.162 e. The van der Waals surface area contributed by atoms with Crippen molar-refractivity contribution in [1.29, 1.82) is 0 Å². The van der Waals surface area contributed by atoms with Crippen LogP contribution in [-0.4, -0.2) is 20.3 Å². The average molecular weight is 268 g/mol. The minimum atomic E-state index is 0.309. The fourth-order valence-corrected chi connectivity index (χ4v) is 3.00. The maximum atomic E-state index is 6.38. The Labute approximate surface area is 112 Å². The van der Waals surface area contributed by atoms with Gasteiger partial charge in [0.25, 0.3) is 0 Å². The molecule has 1 aliphatic heterocycles. The van der Waals surface area contributed by atoms with Crippen LogP contribution in [0.3, 0.4) is 0 Å². The molecule has 0 bridgehead atoms. The van der Waals surface area contributed by atoms with Gasteiger partial charge in [0, 0.05) is 17.1 Å². The first-order valence-corrected chi connectivity index (χ1v) is 6.85. The second-order valence-electron chi connectivity index (χ2n) is 5.16. The molecule has 3 atom stereocenters. The number of rotatable bonds is 3. The second kappa shape index (κ2) is 4.63. The summed E-state index contributed by atoms with van der Waals surface area (Å²) in [5.41, 5.74) is 1.12. The van der Waals surface area contributed by atoms with Crippen molar-refractivity contribution < 1.29 is 9.47 Å². The zero-order valence-electron chi connectivity index (χ0n) is 10.7. The zero-order chi connectivity index (χ0) is 12.7. The van der Waals surface area contributed by atoms with E-state index in [1.165, 1.54) is 6.42 Å². The predicted molar refractivity (Wildman–Crippen MR) is 71.5 cm³/mol. The summed E-state index contributed by atoms with van der Waals surface area (Å²) in [6.45, 7) is 3.48.